The molecule has 1 atom stereocenters. The number of anilines is 1. The van der Waals surface area contributed by atoms with Crippen molar-refractivity contribution in [1.82, 2.24) is 5.32 Å². The van der Waals surface area contributed by atoms with Gasteiger partial charge in [-0.3, -0.25) is 4.99 Å². The molecule has 2 fully saturated rings. The third kappa shape index (κ3) is 4.15. The summed E-state index contributed by atoms with van der Waals surface area (Å²) in [6.07, 6.45) is 5.24. The number of aliphatic imine (C=N–C) groups is 1. The summed E-state index contributed by atoms with van der Waals surface area (Å²) in [7, 11) is 0. The van der Waals surface area contributed by atoms with Crippen LogP contribution < -0.4 is 16.0 Å². The maximum Gasteiger partial charge on any atom is 0.188 e. The van der Waals surface area contributed by atoms with Crippen molar-refractivity contribution >= 4 is 27.6 Å². The lowest BCUT2D eigenvalue weighted by atomic mass is 9.85. The number of hydrogen-bond donors (Lipinski definition) is 2. The van der Waals surface area contributed by atoms with Crippen LogP contribution in [0.15, 0.2) is 33.7 Å². The summed E-state index contributed by atoms with van der Waals surface area (Å²) in [5, 5.41) is 3.27. The molecule has 1 aliphatic carbocycles. The van der Waals surface area contributed by atoms with Crippen molar-refractivity contribution in [3.63, 3.8) is 0 Å². The molecular formula is C17H25BrN4. The van der Waals surface area contributed by atoms with Gasteiger partial charge >= 0.3 is 0 Å². The Labute approximate surface area is 141 Å². The highest BCUT2D eigenvalue weighted by Gasteiger charge is 2.22. The van der Waals surface area contributed by atoms with E-state index in [9.17, 15) is 0 Å². The van der Waals surface area contributed by atoms with Crippen LogP contribution in [-0.2, 0) is 0 Å². The van der Waals surface area contributed by atoms with E-state index >= 15 is 0 Å². The van der Waals surface area contributed by atoms with E-state index in [2.05, 4.69) is 55.4 Å². The second-order valence-electron chi connectivity index (χ2n) is 6.48. The van der Waals surface area contributed by atoms with Crippen molar-refractivity contribution in [2.24, 2.45) is 22.6 Å². The van der Waals surface area contributed by atoms with E-state index in [4.69, 9.17) is 5.73 Å². The van der Waals surface area contributed by atoms with Crippen LogP contribution in [0.2, 0.25) is 0 Å². The van der Waals surface area contributed by atoms with Crippen molar-refractivity contribution in [3.8, 4) is 0 Å². The SMILES string of the molecule is NC(=NCC1CCN(c2ccc(Br)cc2)C1)NCC1CCC1. The van der Waals surface area contributed by atoms with E-state index in [1.807, 2.05) is 0 Å². The zero-order valence-corrected chi connectivity index (χ0v) is 14.6. The Morgan fingerprint density at radius 2 is 2.00 bits per heavy atom. The first kappa shape index (κ1) is 15.7. The molecule has 0 bridgehead atoms. The lowest BCUT2D eigenvalue weighted by Crippen LogP contribution is -2.37. The van der Waals surface area contributed by atoms with E-state index in [-0.39, 0.29) is 0 Å². The minimum absolute atomic E-state index is 0.604. The molecule has 1 heterocycles. The highest BCUT2D eigenvalue weighted by molar-refractivity contribution is 9.10. The summed E-state index contributed by atoms with van der Waals surface area (Å²) in [5.41, 5.74) is 7.26. The largest absolute Gasteiger partial charge is 0.371 e. The van der Waals surface area contributed by atoms with Gasteiger partial charge in [0.25, 0.3) is 0 Å². The molecule has 0 spiro atoms. The Morgan fingerprint density at radius 3 is 2.68 bits per heavy atom. The Morgan fingerprint density at radius 1 is 1.23 bits per heavy atom. The number of benzene rings is 1. The average Bonchev–Trinajstić information content (AvgIpc) is 2.93. The molecular weight excluding hydrogens is 340 g/mol. The summed E-state index contributed by atoms with van der Waals surface area (Å²) < 4.78 is 1.13. The summed E-state index contributed by atoms with van der Waals surface area (Å²) in [6, 6.07) is 8.54. The van der Waals surface area contributed by atoms with Crippen LogP contribution >= 0.6 is 15.9 Å². The van der Waals surface area contributed by atoms with Crippen LogP contribution in [-0.4, -0.2) is 32.1 Å². The van der Waals surface area contributed by atoms with Gasteiger partial charge in [0.05, 0.1) is 0 Å². The van der Waals surface area contributed by atoms with Gasteiger partial charge in [-0.25, -0.2) is 0 Å². The van der Waals surface area contributed by atoms with E-state index in [0.29, 0.717) is 11.9 Å². The molecule has 1 saturated heterocycles. The predicted octanol–water partition coefficient (Wildman–Crippen LogP) is 2.98. The van der Waals surface area contributed by atoms with E-state index < -0.39 is 0 Å². The van der Waals surface area contributed by atoms with Crippen LogP contribution in [0.1, 0.15) is 25.7 Å². The maximum atomic E-state index is 5.96. The van der Waals surface area contributed by atoms with Crippen molar-refractivity contribution in [2.75, 3.05) is 31.1 Å². The number of guanidine groups is 1. The lowest BCUT2D eigenvalue weighted by molar-refractivity contribution is 0.315. The van der Waals surface area contributed by atoms with Gasteiger partial charge in [0.1, 0.15) is 0 Å². The molecule has 1 aromatic carbocycles. The van der Waals surface area contributed by atoms with Gasteiger partial charge in [-0.05, 0) is 55.4 Å². The predicted molar refractivity (Wildman–Crippen MR) is 96.3 cm³/mol. The maximum absolute atomic E-state index is 5.96. The number of halogens is 1. The minimum Gasteiger partial charge on any atom is -0.371 e. The summed E-state index contributed by atoms with van der Waals surface area (Å²) in [6.45, 7) is 4.00. The quantitative estimate of drug-likeness (QED) is 0.623. The molecule has 4 nitrogen and oxygen atoms in total. The molecule has 0 aromatic heterocycles. The second-order valence-corrected chi connectivity index (χ2v) is 7.40. The molecule has 1 aliphatic heterocycles. The Hall–Kier alpha value is -1.23. The fraction of sp³-hybridized carbons (Fsp3) is 0.588. The van der Waals surface area contributed by atoms with Crippen LogP contribution in [0.25, 0.3) is 0 Å². The van der Waals surface area contributed by atoms with Crippen molar-refractivity contribution in [3.05, 3.63) is 28.7 Å². The van der Waals surface area contributed by atoms with Crippen LogP contribution in [0.3, 0.4) is 0 Å². The van der Waals surface area contributed by atoms with Gasteiger partial charge < -0.3 is 16.0 Å². The van der Waals surface area contributed by atoms with Crippen molar-refractivity contribution in [2.45, 2.75) is 25.7 Å². The number of hydrogen-bond acceptors (Lipinski definition) is 2. The molecule has 22 heavy (non-hydrogen) atoms. The van der Waals surface area contributed by atoms with Crippen molar-refractivity contribution < 1.29 is 0 Å². The summed E-state index contributed by atoms with van der Waals surface area (Å²) in [4.78, 5) is 6.96. The second kappa shape index (κ2) is 7.36. The zero-order chi connectivity index (χ0) is 15.4. The van der Waals surface area contributed by atoms with Gasteiger partial charge in [0, 0.05) is 36.3 Å². The van der Waals surface area contributed by atoms with E-state index in [0.717, 1.165) is 36.6 Å². The molecule has 3 N–H and O–H groups in total. The highest BCUT2D eigenvalue weighted by atomic mass is 79.9. The van der Waals surface area contributed by atoms with Gasteiger partial charge in [-0.1, -0.05) is 22.4 Å². The van der Waals surface area contributed by atoms with Crippen molar-refractivity contribution in [1.29, 1.82) is 0 Å². The third-order valence-corrected chi connectivity index (χ3v) is 5.32. The number of nitrogens with zero attached hydrogens (tertiary/aromatic N) is 2. The Balaban J connectivity index is 1.43. The first-order valence-corrected chi connectivity index (χ1v) is 9.04. The normalized spacial score (nSPS) is 22.7. The van der Waals surface area contributed by atoms with Gasteiger partial charge in [0.2, 0.25) is 0 Å². The van der Waals surface area contributed by atoms with Crippen LogP contribution in [0.4, 0.5) is 5.69 Å². The molecule has 1 unspecified atom stereocenters. The monoisotopic (exact) mass is 364 g/mol. The fourth-order valence-electron chi connectivity index (χ4n) is 3.10. The molecule has 1 saturated carbocycles. The number of nitrogens with one attached hydrogen (secondary N) is 1. The summed E-state index contributed by atoms with van der Waals surface area (Å²) in [5.74, 6) is 2.04. The molecule has 120 valence electrons. The lowest BCUT2D eigenvalue weighted by Gasteiger charge is -2.25. The molecule has 1 aromatic rings. The molecule has 5 heteroatoms. The van der Waals surface area contributed by atoms with E-state index in [1.54, 1.807) is 0 Å². The average molecular weight is 365 g/mol. The first-order valence-electron chi connectivity index (χ1n) is 8.25. The highest BCUT2D eigenvalue weighted by Crippen LogP contribution is 2.26. The van der Waals surface area contributed by atoms with Crippen LogP contribution in [0, 0.1) is 11.8 Å². The molecule has 3 rings (SSSR count). The Kier molecular flexibility index (Phi) is 5.24. The Bertz CT molecular complexity index is 510. The molecule has 0 amide bonds. The van der Waals surface area contributed by atoms with E-state index in [1.165, 1.54) is 31.4 Å². The number of rotatable bonds is 5. The van der Waals surface area contributed by atoms with Gasteiger partial charge in [-0.2, -0.15) is 0 Å². The smallest absolute Gasteiger partial charge is 0.188 e. The topological polar surface area (TPSA) is 53.6 Å². The molecule has 2 aliphatic rings. The minimum atomic E-state index is 0.604. The molecule has 0 radical (unpaired) electrons. The van der Waals surface area contributed by atoms with Gasteiger partial charge in [0.15, 0.2) is 5.96 Å². The fourth-order valence-corrected chi connectivity index (χ4v) is 3.36. The van der Waals surface area contributed by atoms with Crippen LogP contribution in [0.5, 0.6) is 0 Å². The summed E-state index contributed by atoms with van der Waals surface area (Å²) >= 11 is 3.48. The van der Waals surface area contributed by atoms with Gasteiger partial charge in [-0.15, -0.1) is 0 Å². The standard InChI is InChI=1S/C17H25BrN4/c18-15-4-6-16(7-5-15)22-9-8-14(12-22)11-21-17(19)20-10-13-2-1-3-13/h4-7,13-14H,1-3,8-12H2,(H3,19,20,21). The third-order valence-electron chi connectivity index (χ3n) is 4.79. The first-order chi connectivity index (χ1) is 10.7. The number of nitrogens with two attached hydrogens (primary N) is 1. The zero-order valence-electron chi connectivity index (χ0n) is 13.0.